The van der Waals surface area contributed by atoms with Gasteiger partial charge in [0.1, 0.15) is 0 Å². The predicted molar refractivity (Wildman–Crippen MR) is 88.0 cm³/mol. The van der Waals surface area contributed by atoms with Crippen molar-refractivity contribution in [1.82, 2.24) is 0 Å². The van der Waals surface area contributed by atoms with Crippen molar-refractivity contribution < 1.29 is 23.7 Å². The molecule has 0 amide bonds. The van der Waals surface area contributed by atoms with Gasteiger partial charge in [0.2, 0.25) is 5.75 Å². The number of ether oxygens (including phenoxy) is 4. The highest BCUT2D eigenvalue weighted by Crippen LogP contribution is 2.40. The van der Waals surface area contributed by atoms with Crippen molar-refractivity contribution in [3.8, 4) is 23.3 Å². The highest BCUT2D eigenvalue weighted by Gasteiger charge is 2.19. The van der Waals surface area contributed by atoms with E-state index in [1.165, 1.54) is 27.4 Å². The van der Waals surface area contributed by atoms with E-state index in [0.717, 1.165) is 0 Å². The molecule has 24 heavy (non-hydrogen) atoms. The second-order valence-electron chi connectivity index (χ2n) is 4.98. The van der Waals surface area contributed by atoms with E-state index in [9.17, 15) is 10.1 Å². The zero-order chi connectivity index (χ0) is 18.1. The van der Waals surface area contributed by atoms with Crippen LogP contribution in [-0.4, -0.2) is 33.9 Å². The highest BCUT2D eigenvalue weighted by atomic mass is 16.5. The molecule has 7 heteroatoms. The number of nitrogens with zero attached hydrogens (tertiary/aromatic N) is 1. The number of allylic oxidation sites excluding steroid dienone is 1. The van der Waals surface area contributed by atoms with E-state index in [1.807, 2.05) is 0 Å². The van der Waals surface area contributed by atoms with Gasteiger partial charge in [-0.25, -0.2) is 4.79 Å². The van der Waals surface area contributed by atoms with Crippen molar-refractivity contribution in [1.29, 1.82) is 5.26 Å². The molecule has 0 fully saturated rings. The smallest absolute Gasteiger partial charge is 0.332 e. The normalized spacial score (nSPS) is 12.0. The number of carbonyl (C=O) groups is 1. The molecular formula is C17H22N2O5. The topological polar surface area (TPSA) is 104 Å². The summed E-state index contributed by atoms with van der Waals surface area (Å²) in [5, 5.41) is 9.41. The molecule has 0 aliphatic heterocycles. The van der Waals surface area contributed by atoms with Crippen LogP contribution in [0.1, 0.15) is 24.8 Å². The van der Waals surface area contributed by atoms with Gasteiger partial charge in [0, 0.05) is 18.2 Å². The lowest BCUT2D eigenvalue weighted by Crippen LogP contribution is -2.09. The van der Waals surface area contributed by atoms with Crippen LogP contribution in [0.2, 0.25) is 0 Å². The van der Waals surface area contributed by atoms with Gasteiger partial charge in [-0.05, 0) is 24.6 Å². The minimum atomic E-state index is -0.531. The summed E-state index contributed by atoms with van der Waals surface area (Å²) >= 11 is 0. The lowest BCUT2D eigenvalue weighted by molar-refractivity contribution is -0.137. The Kier molecular flexibility index (Phi) is 7.43. The molecule has 7 nitrogen and oxygen atoms in total. The van der Waals surface area contributed by atoms with Crippen molar-refractivity contribution >= 4 is 5.97 Å². The number of methoxy groups -OCH3 is 3. The van der Waals surface area contributed by atoms with Crippen molar-refractivity contribution in [3.63, 3.8) is 0 Å². The Morgan fingerprint density at radius 3 is 2.25 bits per heavy atom. The molecule has 1 aromatic carbocycles. The largest absolute Gasteiger partial charge is 0.493 e. The van der Waals surface area contributed by atoms with Crippen LogP contribution >= 0.6 is 0 Å². The number of nitrogens with two attached hydrogens (primary N) is 1. The van der Waals surface area contributed by atoms with Crippen LogP contribution in [0.3, 0.4) is 0 Å². The molecule has 0 heterocycles. The van der Waals surface area contributed by atoms with Crippen LogP contribution in [0.4, 0.5) is 0 Å². The maximum Gasteiger partial charge on any atom is 0.332 e. The van der Waals surface area contributed by atoms with Gasteiger partial charge in [-0.1, -0.05) is 0 Å². The second kappa shape index (κ2) is 9.30. The lowest BCUT2D eigenvalue weighted by Gasteiger charge is -2.16. The van der Waals surface area contributed by atoms with E-state index in [4.69, 9.17) is 24.7 Å². The number of hydrogen-bond acceptors (Lipinski definition) is 7. The summed E-state index contributed by atoms with van der Waals surface area (Å²) in [5.41, 5.74) is 6.45. The Balaban J connectivity index is 2.91. The van der Waals surface area contributed by atoms with E-state index in [2.05, 4.69) is 6.07 Å². The van der Waals surface area contributed by atoms with E-state index in [0.29, 0.717) is 34.9 Å². The fraction of sp³-hybridized carbons (Fsp3) is 0.412. The van der Waals surface area contributed by atoms with Crippen molar-refractivity contribution in [2.75, 3.05) is 27.9 Å². The van der Waals surface area contributed by atoms with E-state index in [1.54, 1.807) is 19.1 Å². The van der Waals surface area contributed by atoms with Crippen molar-refractivity contribution in [3.05, 3.63) is 29.5 Å². The molecule has 1 rings (SSSR count). The lowest BCUT2D eigenvalue weighted by atomic mass is 9.96. The molecular weight excluding hydrogens is 312 g/mol. The van der Waals surface area contributed by atoms with Crippen LogP contribution < -0.4 is 19.9 Å². The van der Waals surface area contributed by atoms with E-state index in [-0.39, 0.29) is 6.61 Å². The Hall–Kier alpha value is -2.88. The molecule has 0 saturated heterocycles. The first-order valence-electron chi connectivity index (χ1n) is 7.26. The van der Waals surface area contributed by atoms with E-state index < -0.39 is 11.9 Å². The average molecular weight is 334 g/mol. The van der Waals surface area contributed by atoms with Gasteiger partial charge in [-0.2, -0.15) is 5.26 Å². The zero-order valence-corrected chi connectivity index (χ0v) is 14.3. The predicted octanol–water partition coefficient (Wildman–Crippen LogP) is 2.12. The van der Waals surface area contributed by atoms with E-state index >= 15 is 0 Å². The maximum absolute atomic E-state index is 11.4. The monoisotopic (exact) mass is 334 g/mol. The van der Waals surface area contributed by atoms with Gasteiger partial charge in [-0.3, -0.25) is 0 Å². The summed E-state index contributed by atoms with van der Waals surface area (Å²) in [6.07, 6.45) is 1.53. The van der Waals surface area contributed by atoms with Gasteiger partial charge in [0.25, 0.3) is 0 Å². The Morgan fingerprint density at radius 2 is 1.83 bits per heavy atom. The molecule has 0 aliphatic rings. The summed E-state index contributed by atoms with van der Waals surface area (Å²) in [6.45, 7) is 1.69. The average Bonchev–Trinajstić information content (AvgIpc) is 2.56. The molecule has 2 N–H and O–H groups in total. The molecule has 0 aromatic heterocycles. The third kappa shape index (κ3) is 5.09. The molecule has 0 spiro atoms. The molecule has 1 aromatic rings. The first-order chi connectivity index (χ1) is 11.5. The molecule has 0 bridgehead atoms. The summed E-state index contributed by atoms with van der Waals surface area (Å²) in [7, 11) is 4.52. The maximum atomic E-state index is 11.4. The quantitative estimate of drug-likeness (QED) is 0.573. The van der Waals surface area contributed by atoms with Crippen LogP contribution in [0, 0.1) is 11.3 Å². The minimum Gasteiger partial charge on any atom is -0.493 e. The Bertz CT molecular complexity index is 620. The van der Waals surface area contributed by atoms with Gasteiger partial charge < -0.3 is 24.7 Å². The van der Waals surface area contributed by atoms with Crippen LogP contribution in [-0.2, 0) is 9.53 Å². The summed E-state index contributed by atoms with van der Waals surface area (Å²) in [6, 6.07) is 5.61. The zero-order valence-electron chi connectivity index (χ0n) is 14.3. The number of esters is 1. The van der Waals surface area contributed by atoms with Gasteiger partial charge >= 0.3 is 5.97 Å². The second-order valence-corrected chi connectivity index (χ2v) is 4.98. The number of carbonyl (C=O) groups excluding carboxylic acids is 1. The van der Waals surface area contributed by atoms with Crippen molar-refractivity contribution in [2.45, 2.75) is 19.3 Å². The molecule has 0 radical (unpaired) electrons. The molecule has 0 saturated carbocycles. The van der Waals surface area contributed by atoms with Gasteiger partial charge in [0.15, 0.2) is 11.5 Å². The fourth-order valence-corrected chi connectivity index (χ4v) is 2.11. The number of hydrogen-bond donors (Lipinski definition) is 1. The Morgan fingerprint density at radius 1 is 1.25 bits per heavy atom. The Labute approximate surface area is 141 Å². The standard InChI is InChI=1S/C17H22N2O5/c1-11(19)7-16(20)24-6-5-12(10-18)13-8-14(21-2)17(23-4)15(9-13)22-3/h7-9,12H,5-6,19H2,1-4H3/b11-7-. The first-order valence-corrected chi connectivity index (χ1v) is 7.26. The molecule has 1 atom stereocenters. The fourth-order valence-electron chi connectivity index (χ4n) is 2.11. The number of nitriles is 1. The molecule has 1 unspecified atom stereocenters. The third-order valence-electron chi connectivity index (χ3n) is 3.24. The third-order valence-corrected chi connectivity index (χ3v) is 3.24. The minimum absolute atomic E-state index is 0.0947. The summed E-state index contributed by atoms with van der Waals surface area (Å²) in [4.78, 5) is 11.4. The van der Waals surface area contributed by atoms with Crippen LogP contribution in [0.5, 0.6) is 17.2 Å². The van der Waals surface area contributed by atoms with Crippen LogP contribution in [0.15, 0.2) is 23.9 Å². The SMILES string of the molecule is COc1cc(C(C#N)CCOC(=O)/C=C(/C)N)cc(OC)c1OC. The number of benzene rings is 1. The number of rotatable bonds is 8. The molecule has 130 valence electrons. The first kappa shape index (κ1) is 19.2. The highest BCUT2D eigenvalue weighted by molar-refractivity contribution is 5.82. The van der Waals surface area contributed by atoms with Gasteiger partial charge in [0.05, 0.1) is 39.9 Å². The molecule has 0 aliphatic carbocycles. The van der Waals surface area contributed by atoms with Gasteiger partial charge in [-0.15, -0.1) is 0 Å². The summed E-state index contributed by atoms with van der Waals surface area (Å²) < 4.78 is 20.8. The van der Waals surface area contributed by atoms with Crippen LogP contribution in [0.25, 0.3) is 0 Å². The summed E-state index contributed by atoms with van der Waals surface area (Å²) in [5.74, 6) is 0.359. The van der Waals surface area contributed by atoms with Crippen molar-refractivity contribution in [2.24, 2.45) is 5.73 Å².